The minimum atomic E-state index is -0.912. The second-order valence-electron chi connectivity index (χ2n) is 5.53. The maximum atomic E-state index is 12.4. The predicted molar refractivity (Wildman–Crippen MR) is 77.5 cm³/mol. The monoisotopic (exact) mass is 291 g/mol. The van der Waals surface area contributed by atoms with Gasteiger partial charge in [-0.1, -0.05) is 12.2 Å². The van der Waals surface area contributed by atoms with Crippen molar-refractivity contribution in [2.24, 2.45) is 18.9 Å². The molecule has 1 aromatic rings. The zero-order valence-corrected chi connectivity index (χ0v) is 12.5. The highest BCUT2D eigenvalue weighted by molar-refractivity contribution is 5.85. The minimum absolute atomic E-state index is 0.188. The van der Waals surface area contributed by atoms with Gasteiger partial charge in [-0.05, 0) is 26.7 Å². The summed E-state index contributed by atoms with van der Waals surface area (Å²) < 4.78 is 1.75. The number of amides is 1. The molecule has 2 rings (SSSR count). The van der Waals surface area contributed by atoms with E-state index in [1.54, 1.807) is 10.9 Å². The summed E-state index contributed by atoms with van der Waals surface area (Å²) in [5, 5.41) is 16.3. The molecule has 1 aliphatic rings. The topological polar surface area (TPSA) is 84.2 Å². The van der Waals surface area contributed by atoms with E-state index in [2.05, 4.69) is 10.4 Å². The molecule has 1 aliphatic carbocycles. The molecule has 1 aromatic heterocycles. The molecule has 0 aliphatic heterocycles. The molecule has 0 saturated heterocycles. The van der Waals surface area contributed by atoms with Crippen LogP contribution >= 0.6 is 0 Å². The lowest BCUT2D eigenvalue weighted by Crippen LogP contribution is -2.39. The standard InChI is InChI=1S/C15H21N3O3/c1-9(13-8-16-18(3)10(13)2)17-14(19)11-6-4-5-7-12(11)15(20)21/h4-5,8-9,11-12H,6-7H2,1-3H3,(H,17,19)(H,20,21)/t9-,11+,12+/m0/s1. The summed E-state index contributed by atoms with van der Waals surface area (Å²) in [6.45, 7) is 3.82. The Morgan fingerprint density at radius 3 is 2.52 bits per heavy atom. The van der Waals surface area contributed by atoms with E-state index in [0.717, 1.165) is 11.3 Å². The Hall–Kier alpha value is -2.11. The fourth-order valence-electron chi connectivity index (χ4n) is 2.72. The van der Waals surface area contributed by atoms with Crippen LogP contribution < -0.4 is 5.32 Å². The molecule has 3 atom stereocenters. The average Bonchev–Trinajstić information content (AvgIpc) is 2.79. The van der Waals surface area contributed by atoms with Crippen molar-refractivity contribution in [3.8, 4) is 0 Å². The number of carboxylic acids is 1. The van der Waals surface area contributed by atoms with Crippen molar-refractivity contribution in [1.82, 2.24) is 15.1 Å². The largest absolute Gasteiger partial charge is 0.481 e. The van der Waals surface area contributed by atoms with Crippen LogP contribution in [0, 0.1) is 18.8 Å². The Labute approximate surface area is 123 Å². The smallest absolute Gasteiger partial charge is 0.307 e. The van der Waals surface area contributed by atoms with Gasteiger partial charge in [0, 0.05) is 18.3 Å². The molecule has 6 heteroatoms. The number of nitrogens with zero attached hydrogens (tertiary/aromatic N) is 2. The fraction of sp³-hybridized carbons (Fsp3) is 0.533. The van der Waals surface area contributed by atoms with Gasteiger partial charge in [0.2, 0.25) is 5.91 Å². The van der Waals surface area contributed by atoms with Gasteiger partial charge in [0.15, 0.2) is 0 Å². The Morgan fingerprint density at radius 2 is 2.00 bits per heavy atom. The highest BCUT2D eigenvalue weighted by atomic mass is 16.4. The second-order valence-corrected chi connectivity index (χ2v) is 5.53. The van der Waals surface area contributed by atoms with Crippen LogP contribution in [0.1, 0.15) is 37.1 Å². The zero-order chi connectivity index (χ0) is 15.6. The number of hydrogen-bond acceptors (Lipinski definition) is 3. The molecule has 1 amide bonds. The van der Waals surface area contributed by atoms with Crippen LogP contribution in [0.3, 0.4) is 0 Å². The van der Waals surface area contributed by atoms with E-state index in [4.69, 9.17) is 0 Å². The van der Waals surface area contributed by atoms with Gasteiger partial charge in [-0.25, -0.2) is 0 Å². The van der Waals surface area contributed by atoms with Crippen LogP contribution in [-0.4, -0.2) is 26.8 Å². The number of aliphatic carboxylic acids is 1. The SMILES string of the molecule is Cc1c([C@H](C)NC(=O)[C@@H]2CC=CC[C@H]2C(=O)O)cnn1C. The van der Waals surface area contributed by atoms with E-state index in [0.29, 0.717) is 12.8 Å². The summed E-state index contributed by atoms with van der Waals surface area (Å²) in [6, 6.07) is -0.188. The maximum absolute atomic E-state index is 12.4. The lowest BCUT2D eigenvalue weighted by atomic mass is 9.82. The molecular formula is C15H21N3O3. The van der Waals surface area contributed by atoms with Crippen LogP contribution in [0.5, 0.6) is 0 Å². The van der Waals surface area contributed by atoms with Gasteiger partial charge >= 0.3 is 5.97 Å². The van der Waals surface area contributed by atoms with E-state index < -0.39 is 17.8 Å². The first-order valence-corrected chi connectivity index (χ1v) is 7.08. The number of allylic oxidation sites excluding steroid dienone is 2. The van der Waals surface area contributed by atoms with E-state index in [1.165, 1.54) is 0 Å². The molecule has 0 bridgehead atoms. The summed E-state index contributed by atoms with van der Waals surface area (Å²) in [5.41, 5.74) is 1.94. The van der Waals surface area contributed by atoms with Gasteiger partial charge in [-0.3, -0.25) is 14.3 Å². The predicted octanol–water partition coefficient (Wildman–Crippen LogP) is 1.57. The lowest BCUT2D eigenvalue weighted by Gasteiger charge is -2.26. The third kappa shape index (κ3) is 3.15. The summed E-state index contributed by atoms with van der Waals surface area (Å²) >= 11 is 0. The number of carboxylic acid groups (broad SMARTS) is 1. The van der Waals surface area contributed by atoms with Gasteiger partial charge in [-0.2, -0.15) is 5.10 Å². The Morgan fingerprint density at radius 1 is 1.38 bits per heavy atom. The first-order chi connectivity index (χ1) is 9.91. The zero-order valence-electron chi connectivity index (χ0n) is 12.5. The molecular weight excluding hydrogens is 270 g/mol. The average molecular weight is 291 g/mol. The first kappa shape index (κ1) is 15.3. The molecule has 0 fully saturated rings. The summed E-state index contributed by atoms with van der Waals surface area (Å²) in [6.07, 6.45) is 6.33. The number of nitrogens with one attached hydrogen (secondary N) is 1. The third-order valence-corrected chi connectivity index (χ3v) is 4.18. The van der Waals surface area contributed by atoms with Crippen molar-refractivity contribution in [2.45, 2.75) is 32.7 Å². The fourth-order valence-corrected chi connectivity index (χ4v) is 2.72. The summed E-state index contributed by atoms with van der Waals surface area (Å²) in [5.74, 6) is -2.27. The Balaban J connectivity index is 2.08. The molecule has 6 nitrogen and oxygen atoms in total. The number of carbonyl (C=O) groups excluding carboxylic acids is 1. The Bertz CT molecular complexity index is 577. The lowest BCUT2D eigenvalue weighted by molar-refractivity contribution is -0.147. The number of rotatable bonds is 4. The van der Waals surface area contributed by atoms with Crippen molar-refractivity contribution in [2.75, 3.05) is 0 Å². The Kier molecular flexibility index (Phi) is 4.45. The van der Waals surface area contributed by atoms with Crippen molar-refractivity contribution < 1.29 is 14.7 Å². The molecule has 21 heavy (non-hydrogen) atoms. The highest BCUT2D eigenvalue weighted by Crippen LogP contribution is 2.27. The number of hydrogen-bond donors (Lipinski definition) is 2. The van der Waals surface area contributed by atoms with Gasteiger partial charge in [0.25, 0.3) is 0 Å². The highest BCUT2D eigenvalue weighted by Gasteiger charge is 2.34. The summed E-state index contributed by atoms with van der Waals surface area (Å²) in [7, 11) is 1.85. The quantitative estimate of drug-likeness (QED) is 0.825. The number of aromatic nitrogens is 2. The first-order valence-electron chi connectivity index (χ1n) is 7.08. The molecule has 0 spiro atoms. The molecule has 0 unspecified atom stereocenters. The maximum Gasteiger partial charge on any atom is 0.307 e. The van der Waals surface area contributed by atoms with Crippen LogP contribution in [0.2, 0.25) is 0 Å². The van der Waals surface area contributed by atoms with Crippen molar-refractivity contribution in [1.29, 1.82) is 0 Å². The van der Waals surface area contributed by atoms with E-state index in [1.807, 2.05) is 33.0 Å². The summed E-state index contributed by atoms with van der Waals surface area (Å²) in [4.78, 5) is 23.6. The van der Waals surface area contributed by atoms with E-state index in [-0.39, 0.29) is 11.9 Å². The van der Waals surface area contributed by atoms with E-state index >= 15 is 0 Å². The van der Waals surface area contributed by atoms with Gasteiger partial charge in [-0.15, -0.1) is 0 Å². The van der Waals surface area contributed by atoms with Gasteiger partial charge in [0.05, 0.1) is 24.1 Å². The molecule has 1 heterocycles. The van der Waals surface area contributed by atoms with Gasteiger partial charge in [0.1, 0.15) is 0 Å². The molecule has 2 N–H and O–H groups in total. The number of carbonyl (C=O) groups is 2. The van der Waals surface area contributed by atoms with Crippen LogP contribution in [-0.2, 0) is 16.6 Å². The second kappa shape index (κ2) is 6.11. The van der Waals surface area contributed by atoms with Crippen molar-refractivity contribution in [3.63, 3.8) is 0 Å². The van der Waals surface area contributed by atoms with Crippen molar-refractivity contribution in [3.05, 3.63) is 29.6 Å². The number of aryl methyl sites for hydroxylation is 1. The third-order valence-electron chi connectivity index (χ3n) is 4.18. The minimum Gasteiger partial charge on any atom is -0.481 e. The van der Waals surface area contributed by atoms with E-state index in [9.17, 15) is 14.7 Å². The molecule has 0 aromatic carbocycles. The van der Waals surface area contributed by atoms with Crippen LogP contribution in [0.15, 0.2) is 18.3 Å². The van der Waals surface area contributed by atoms with Crippen LogP contribution in [0.25, 0.3) is 0 Å². The normalized spacial score (nSPS) is 22.8. The van der Waals surface area contributed by atoms with Crippen LogP contribution in [0.4, 0.5) is 0 Å². The van der Waals surface area contributed by atoms with Crippen molar-refractivity contribution >= 4 is 11.9 Å². The van der Waals surface area contributed by atoms with Gasteiger partial charge < -0.3 is 10.4 Å². The molecule has 0 radical (unpaired) electrons. The molecule has 0 saturated carbocycles. The molecule has 114 valence electrons.